The summed E-state index contributed by atoms with van der Waals surface area (Å²) < 4.78 is 16.8. The van der Waals surface area contributed by atoms with Crippen molar-refractivity contribution in [3.05, 3.63) is 0 Å². The van der Waals surface area contributed by atoms with E-state index in [2.05, 4.69) is 34.6 Å². The number of unbranched alkanes of at least 4 members (excludes halogenated alkanes) is 34. The summed E-state index contributed by atoms with van der Waals surface area (Å²) in [5, 5.41) is 0. The van der Waals surface area contributed by atoms with Crippen molar-refractivity contribution in [2.24, 2.45) is 11.8 Å². The SMILES string of the molecule is CCCCCCCCCCCCCC(=O)OC[C@H](COC(=O)CCCCCCCCCCCCCCCCCCCCC(C)CC)OC(=O)CCCCCCCCCCC(C)C. The van der Waals surface area contributed by atoms with Crippen LogP contribution in [0.1, 0.15) is 311 Å². The van der Waals surface area contributed by atoms with Crippen LogP contribution in [0, 0.1) is 11.8 Å². The largest absolute Gasteiger partial charge is 0.462 e. The van der Waals surface area contributed by atoms with Gasteiger partial charge in [-0.1, -0.05) is 272 Å². The van der Waals surface area contributed by atoms with E-state index in [4.69, 9.17) is 14.2 Å². The molecule has 0 fully saturated rings. The van der Waals surface area contributed by atoms with Crippen LogP contribution in [-0.2, 0) is 28.6 Å². The van der Waals surface area contributed by atoms with Gasteiger partial charge >= 0.3 is 17.9 Å². The van der Waals surface area contributed by atoms with Crippen LogP contribution in [0.15, 0.2) is 0 Å². The lowest BCUT2D eigenvalue weighted by Crippen LogP contribution is -2.30. The average molecular weight is 877 g/mol. The molecule has 2 atom stereocenters. The molecule has 368 valence electrons. The van der Waals surface area contributed by atoms with Crippen LogP contribution in [0.2, 0.25) is 0 Å². The molecule has 0 saturated heterocycles. The number of hydrogen-bond acceptors (Lipinski definition) is 6. The van der Waals surface area contributed by atoms with Crippen LogP contribution in [-0.4, -0.2) is 37.2 Å². The molecule has 6 nitrogen and oxygen atoms in total. The van der Waals surface area contributed by atoms with Crippen molar-refractivity contribution in [3.8, 4) is 0 Å². The second-order valence-corrected chi connectivity index (χ2v) is 19.9. The second kappa shape index (κ2) is 48.9. The molecule has 0 aliphatic carbocycles. The van der Waals surface area contributed by atoms with Crippen molar-refractivity contribution < 1.29 is 28.6 Å². The van der Waals surface area contributed by atoms with Gasteiger partial charge in [0, 0.05) is 19.3 Å². The van der Waals surface area contributed by atoms with Gasteiger partial charge in [-0.2, -0.15) is 0 Å². The first-order valence-corrected chi connectivity index (χ1v) is 27.8. The van der Waals surface area contributed by atoms with E-state index >= 15 is 0 Å². The van der Waals surface area contributed by atoms with Gasteiger partial charge in [-0.25, -0.2) is 0 Å². The summed E-state index contributed by atoms with van der Waals surface area (Å²) in [5.74, 6) is 0.856. The van der Waals surface area contributed by atoms with Gasteiger partial charge in [0.1, 0.15) is 13.2 Å². The molecule has 0 N–H and O–H groups in total. The van der Waals surface area contributed by atoms with Crippen LogP contribution in [0.5, 0.6) is 0 Å². The Hall–Kier alpha value is -1.59. The molecular formula is C56H108O6. The highest BCUT2D eigenvalue weighted by molar-refractivity contribution is 5.71. The fourth-order valence-electron chi connectivity index (χ4n) is 8.49. The van der Waals surface area contributed by atoms with E-state index in [-0.39, 0.29) is 31.1 Å². The summed E-state index contributed by atoms with van der Waals surface area (Å²) in [7, 11) is 0. The third kappa shape index (κ3) is 47.9. The number of carbonyl (C=O) groups is 3. The molecule has 0 bridgehead atoms. The molecule has 0 aliphatic heterocycles. The van der Waals surface area contributed by atoms with Crippen LogP contribution < -0.4 is 0 Å². The molecule has 0 aromatic carbocycles. The van der Waals surface area contributed by atoms with Gasteiger partial charge in [0.25, 0.3) is 0 Å². The van der Waals surface area contributed by atoms with E-state index in [0.29, 0.717) is 19.3 Å². The molecule has 0 rings (SSSR count). The van der Waals surface area contributed by atoms with E-state index < -0.39 is 6.10 Å². The minimum atomic E-state index is -0.762. The molecule has 1 unspecified atom stereocenters. The van der Waals surface area contributed by atoms with E-state index in [1.165, 1.54) is 199 Å². The molecule has 0 spiro atoms. The average Bonchev–Trinajstić information content (AvgIpc) is 3.26. The maximum atomic E-state index is 12.8. The zero-order valence-electron chi connectivity index (χ0n) is 42.5. The summed E-state index contributed by atoms with van der Waals surface area (Å²) >= 11 is 0. The zero-order valence-corrected chi connectivity index (χ0v) is 42.5. The summed E-state index contributed by atoms with van der Waals surface area (Å²) in [4.78, 5) is 38.0. The van der Waals surface area contributed by atoms with E-state index in [1.807, 2.05) is 0 Å². The smallest absolute Gasteiger partial charge is 0.306 e. The normalized spacial score (nSPS) is 12.5. The van der Waals surface area contributed by atoms with Crippen molar-refractivity contribution in [1.29, 1.82) is 0 Å². The van der Waals surface area contributed by atoms with Gasteiger partial charge in [0.2, 0.25) is 0 Å². The Balaban J connectivity index is 4.17. The predicted octanol–water partition coefficient (Wildman–Crippen LogP) is 18.1. The highest BCUT2D eigenvalue weighted by atomic mass is 16.6. The standard InChI is InChI=1S/C56H108O6/c1-6-8-9-10-11-12-21-25-31-36-41-46-54(57)60-49-53(62-56(59)48-43-38-33-28-27-29-34-39-44-51(3)4)50-61-55(58)47-42-37-32-26-23-20-18-16-14-13-15-17-19-22-24-30-35-40-45-52(5)7-2/h51-53H,6-50H2,1-5H3/t52?,53-/m1/s1. The number of rotatable bonds is 50. The Labute approximate surface area is 387 Å². The van der Waals surface area contributed by atoms with Crippen LogP contribution >= 0.6 is 0 Å². The van der Waals surface area contributed by atoms with E-state index in [1.54, 1.807) is 0 Å². The third-order valence-corrected chi connectivity index (χ3v) is 13.1. The highest BCUT2D eigenvalue weighted by Crippen LogP contribution is 2.18. The van der Waals surface area contributed by atoms with Crippen molar-refractivity contribution >= 4 is 17.9 Å². The van der Waals surface area contributed by atoms with Crippen molar-refractivity contribution in [1.82, 2.24) is 0 Å². The molecule has 0 aliphatic rings. The Kier molecular flexibility index (Phi) is 47.6. The van der Waals surface area contributed by atoms with E-state index in [0.717, 1.165) is 69.6 Å². The van der Waals surface area contributed by atoms with Gasteiger partial charge in [-0.3, -0.25) is 14.4 Å². The molecule has 6 heteroatoms. The van der Waals surface area contributed by atoms with Crippen molar-refractivity contribution in [2.75, 3.05) is 13.2 Å². The van der Waals surface area contributed by atoms with Gasteiger partial charge in [0.05, 0.1) is 0 Å². The number of ether oxygens (including phenoxy) is 3. The predicted molar refractivity (Wildman–Crippen MR) is 266 cm³/mol. The lowest BCUT2D eigenvalue weighted by molar-refractivity contribution is -0.167. The molecule has 0 amide bonds. The number of carbonyl (C=O) groups excluding carboxylic acids is 3. The van der Waals surface area contributed by atoms with Crippen molar-refractivity contribution in [3.63, 3.8) is 0 Å². The van der Waals surface area contributed by atoms with Crippen LogP contribution in [0.4, 0.5) is 0 Å². The first kappa shape index (κ1) is 60.4. The summed E-state index contributed by atoms with van der Waals surface area (Å²) in [6.07, 6.45) is 51.0. The minimum Gasteiger partial charge on any atom is -0.462 e. The Morgan fingerprint density at radius 3 is 0.919 bits per heavy atom. The maximum absolute atomic E-state index is 12.8. The van der Waals surface area contributed by atoms with Crippen LogP contribution in [0.25, 0.3) is 0 Å². The quantitative estimate of drug-likeness (QED) is 0.0344. The van der Waals surface area contributed by atoms with Crippen LogP contribution in [0.3, 0.4) is 0 Å². The maximum Gasteiger partial charge on any atom is 0.306 e. The molecule has 0 heterocycles. The Morgan fingerprint density at radius 1 is 0.339 bits per heavy atom. The first-order chi connectivity index (χ1) is 30.3. The summed E-state index contributed by atoms with van der Waals surface area (Å²) in [5.41, 5.74) is 0. The Bertz CT molecular complexity index is 949. The monoisotopic (exact) mass is 877 g/mol. The van der Waals surface area contributed by atoms with Gasteiger partial charge < -0.3 is 14.2 Å². The molecular weight excluding hydrogens is 769 g/mol. The number of hydrogen-bond donors (Lipinski definition) is 0. The lowest BCUT2D eigenvalue weighted by Gasteiger charge is -2.18. The van der Waals surface area contributed by atoms with Gasteiger partial charge in [0.15, 0.2) is 6.10 Å². The Morgan fingerprint density at radius 2 is 0.613 bits per heavy atom. The summed E-state index contributed by atoms with van der Waals surface area (Å²) in [6.45, 7) is 11.4. The molecule has 0 aromatic rings. The van der Waals surface area contributed by atoms with Crippen molar-refractivity contribution in [2.45, 2.75) is 317 Å². The van der Waals surface area contributed by atoms with Gasteiger partial charge in [-0.05, 0) is 31.1 Å². The molecule has 0 saturated carbocycles. The topological polar surface area (TPSA) is 78.9 Å². The van der Waals surface area contributed by atoms with E-state index in [9.17, 15) is 14.4 Å². The fraction of sp³-hybridized carbons (Fsp3) is 0.946. The highest BCUT2D eigenvalue weighted by Gasteiger charge is 2.19. The minimum absolute atomic E-state index is 0.0636. The van der Waals surface area contributed by atoms with Gasteiger partial charge in [-0.15, -0.1) is 0 Å². The molecule has 0 aromatic heterocycles. The first-order valence-electron chi connectivity index (χ1n) is 27.8. The number of esters is 3. The second-order valence-electron chi connectivity index (χ2n) is 19.9. The molecule has 62 heavy (non-hydrogen) atoms. The summed E-state index contributed by atoms with van der Waals surface area (Å²) in [6, 6.07) is 0. The fourth-order valence-corrected chi connectivity index (χ4v) is 8.49. The zero-order chi connectivity index (χ0) is 45.4. The lowest BCUT2D eigenvalue weighted by atomic mass is 9.99. The molecule has 0 radical (unpaired) electrons. The third-order valence-electron chi connectivity index (χ3n) is 13.1.